The molecular weight excluding hydrogens is 186 g/mol. The number of unbranched alkanes of at least 4 members (excludes halogenated alkanes) is 3. The molecule has 0 bridgehead atoms. The van der Waals surface area contributed by atoms with E-state index in [2.05, 4.69) is 19.2 Å². The third kappa shape index (κ3) is 5.19. The fraction of sp³-hybridized carbons (Fsp3) is 0.923. The van der Waals surface area contributed by atoms with Gasteiger partial charge in [0, 0.05) is 12.5 Å². The first-order chi connectivity index (χ1) is 7.22. The number of amides is 1. The quantitative estimate of drug-likeness (QED) is 0.671. The Hall–Kier alpha value is -0.530. The second-order valence-electron chi connectivity index (χ2n) is 4.99. The van der Waals surface area contributed by atoms with Gasteiger partial charge in [0.25, 0.3) is 0 Å². The van der Waals surface area contributed by atoms with E-state index in [1.807, 2.05) is 0 Å². The van der Waals surface area contributed by atoms with Gasteiger partial charge in [-0.2, -0.15) is 0 Å². The number of carbonyl (C=O) groups is 1. The van der Waals surface area contributed by atoms with Gasteiger partial charge in [-0.15, -0.1) is 0 Å². The second-order valence-corrected chi connectivity index (χ2v) is 4.99. The Kier molecular flexibility index (Phi) is 5.74. The minimum atomic E-state index is 0.269. The van der Waals surface area contributed by atoms with Crippen LogP contribution in [0.15, 0.2) is 0 Å². The maximum Gasteiger partial charge on any atom is 0.220 e. The molecule has 0 saturated heterocycles. The fourth-order valence-electron chi connectivity index (χ4n) is 2.35. The van der Waals surface area contributed by atoms with Crippen molar-refractivity contribution in [3.8, 4) is 0 Å². The van der Waals surface area contributed by atoms with Crippen molar-refractivity contribution >= 4 is 5.91 Å². The summed E-state index contributed by atoms with van der Waals surface area (Å²) in [4.78, 5) is 11.6. The highest BCUT2D eigenvalue weighted by atomic mass is 16.1. The monoisotopic (exact) mass is 211 g/mol. The topological polar surface area (TPSA) is 29.1 Å². The largest absolute Gasteiger partial charge is 0.353 e. The van der Waals surface area contributed by atoms with E-state index < -0.39 is 0 Å². The molecule has 1 amide bonds. The predicted octanol–water partition coefficient (Wildman–Crippen LogP) is 3.26. The summed E-state index contributed by atoms with van der Waals surface area (Å²) < 4.78 is 0. The summed E-state index contributed by atoms with van der Waals surface area (Å²) in [6.45, 7) is 4.47. The molecule has 0 aliphatic heterocycles. The number of nitrogens with one attached hydrogen (secondary N) is 1. The van der Waals surface area contributed by atoms with Crippen LogP contribution in [0.1, 0.15) is 65.2 Å². The summed E-state index contributed by atoms with van der Waals surface area (Å²) in [5, 5.41) is 3.15. The first-order valence-electron chi connectivity index (χ1n) is 6.51. The summed E-state index contributed by atoms with van der Waals surface area (Å²) in [6, 6.07) is 0.471. The van der Waals surface area contributed by atoms with Gasteiger partial charge in [0.15, 0.2) is 0 Å². The SMILES string of the molecule is CCCCCCC(=O)NC1CCC(C)C1. The van der Waals surface area contributed by atoms with Gasteiger partial charge in [-0.05, 0) is 31.6 Å². The summed E-state index contributed by atoms with van der Waals surface area (Å²) in [5.74, 6) is 1.07. The van der Waals surface area contributed by atoms with Crippen LogP contribution in [0.4, 0.5) is 0 Å². The smallest absolute Gasteiger partial charge is 0.220 e. The van der Waals surface area contributed by atoms with Crippen molar-refractivity contribution in [2.75, 3.05) is 0 Å². The molecule has 1 fully saturated rings. The van der Waals surface area contributed by atoms with Crippen LogP contribution in [0, 0.1) is 5.92 Å². The molecule has 0 spiro atoms. The van der Waals surface area contributed by atoms with Crippen LogP contribution in [-0.4, -0.2) is 11.9 Å². The van der Waals surface area contributed by atoms with Gasteiger partial charge in [-0.1, -0.05) is 33.1 Å². The van der Waals surface area contributed by atoms with E-state index in [0.717, 1.165) is 18.8 Å². The molecule has 15 heavy (non-hydrogen) atoms. The zero-order valence-corrected chi connectivity index (χ0v) is 10.2. The van der Waals surface area contributed by atoms with E-state index in [-0.39, 0.29) is 5.91 Å². The van der Waals surface area contributed by atoms with Crippen LogP contribution >= 0.6 is 0 Å². The van der Waals surface area contributed by atoms with Crippen LogP contribution in [0.5, 0.6) is 0 Å². The molecule has 1 aliphatic carbocycles. The summed E-state index contributed by atoms with van der Waals surface area (Å²) in [6.07, 6.45) is 9.12. The van der Waals surface area contributed by atoms with Gasteiger partial charge >= 0.3 is 0 Å². The molecular formula is C13H25NO. The molecule has 2 unspecified atom stereocenters. The molecule has 2 heteroatoms. The Balaban J connectivity index is 2.03. The van der Waals surface area contributed by atoms with Gasteiger partial charge < -0.3 is 5.32 Å². The Bertz CT molecular complexity index is 191. The summed E-state index contributed by atoms with van der Waals surface area (Å²) in [7, 11) is 0. The van der Waals surface area contributed by atoms with E-state index in [9.17, 15) is 4.79 Å². The lowest BCUT2D eigenvalue weighted by Crippen LogP contribution is -2.32. The van der Waals surface area contributed by atoms with E-state index in [1.54, 1.807) is 0 Å². The van der Waals surface area contributed by atoms with Gasteiger partial charge in [-0.25, -0.2) is 0 Å². The van der Waals surface area contributed by atoms with Gasteiger partial charge in [0.05, 0.1) is 0 Å². The van der Waals surface area contributed by atoms with Crippen molar-refractivity contribution in [2.45, 2.75) is 71.3 Å². The van der Waals surface area contributed by atoms with Crippen molar-refractivity contribution in [3.05, 3.63) is 0 Å². The molecule has 1 aliphatic rings. The highest BCUT2D eigenvalue weighted by Gasteiger charge is 2.22. The Labute approximate surface area is 93.8 Å². The molecule has 0 aromatic carbocycles. The molecule has 1 N–H and O–H groups in total. The van der Waals surface area contributed by atoms with Crippen molar-refractivity contribution in [1.82, 2.24) is 5.32 Å². The van der Waals surface area contributed by atoms with Gasteiger partial charge in [0.1, 0.15) is 0 Å². The lowest BCUT2D eigenvalue weighted by molar-refractivity contribution is -0.121. The lowest BCUT2D eigenvalue weighted by Gasteiger charge is -2.12. The second kappa shape index (κ2) is 6.86. The first-order valence-corrected chi connectivity index (χ1v) is 6.51. The van der Waals surface area contributed by atoms with Gasteiger partial charge in [-0.3, -0.25) is 4.79 Å². The summed E-state index contributed by atoms with van der Waals surface area (Å²) in [5.41, 5.74) is 0. The van der Waals surface area contributed by atoms with Crippen LogP contribution < -0.4 is 5.32 Å². The highest BCUT2D eigenvalue weighted by Crippen LogP contribution is 2.24. The van der Waals surface area contributed by atoms with Crippen molar-refractivity contribution in [3.63, 3.8) is 0 Å². The Morgan fingerprint density at radius 3 is 2.67 bits per heavy atom. The van der Waals surface area contributed by atoms with Crippen molar-refractivity contribution in [2.24, 2.45) is 5.92 Å². The lowest BCUT2D eigenvalue weighted by atomic mass is 10.1. The third-order valence-electron chi connectivity index (χ3n) is 3.32. The van der Waals surface area contributed by atoms with Crippen LogP contribution in [0.25, 0.3) is 0 Å². The Morgan fingerprint density at radius 1 is 1.27 bits per heavy atom. The molecule has 0 heterocycles. The molecule has 0 aromatic heterocycles. The van der Waals surface area contributed by atoms with Gasteiger partial charge in [0.2, 0.25) is 5.91 Å². The number of rotatable bonds is 6. The zero-order chi connectivity index (χ0) is 11.1. The van der Waals surface area contributed by atoms with Crippen LogP contribution in [0.3, 0.4) is 0 Å². The number of hydrogen-bond donors (Lipinski definition) is 1. The maximum atomic E-state index is 11.6. The third-order valence-corrected chi connectivity index (χ3v) is 3.32. The highest BCUT2D eigenvalue weighted by molar-refractivity contribution is 5.76. The molecule has 88 valence electrons. The van der Waals surface area contributed by atoms with Crippen LogP contribution in [0.2, 0.25) is 0 Å². The average Bonchev–Trinajstić information content (AvgIpc) is 2.59. The standard InChI is InChI=1S/C13H25NO/c1-3-4-5-6-7-13(15)14-12-9-8-11(2)10-12/h11-12H,3-10H2,1-2H3,(H,14,15). The van der Waals surface area contributed by atoms with E-state index in [0.29, 0.717) is 6.04 Å². The fourth-order valence-corrected chi connectivity index (χ4v) is 2.35. The summed E-state index contributed by atoms with van der Waals surface area (Å²) >= 11 is 0. The van der Waals surface area contributed by atoms with E-state index in [4.69, 9.17) is 0 Å². The number of hydrogen-bond acceptors (Lipinski definition) is 1. The average molecular weight is 211 g/mol. The zero-order valence-electron chi connectivity index (χ0n) is 10.2. The number of carbonyl (C=O) groups excluding carboxylic acids is 1. The first kappa shape index (κ1) is 12.5. The molecule has 1 rings (SSSR count). The predicted molar refractivity (Wildman–Crippen MR) is 63.7 cm³/mol. The molecule has 1 saturated carbocycles. The van der Waals surface area contributed by atoms with Crippen molar-refractivity contribution in [1.29, 1.82) is 0 Å². The minimum absolute atomic E-state index is 0.269. The Morgan fingerprint density at radius 2 is 2.07 bits per heavy atom. The molecule has 2 atom stereocenters. The molecule has 0 aromatic rings. The minimum Gasteiger partial charge on any atom is -0.353 e. The molecule has 2 nitrogen and oxygen atoms in total. The normalized spacial score (nSPS) is 25.5. The molecule has 0 radical (unpaired) electrons. The van der Waals surface area contributed by atoms with Crippen LogP contribution in [-0.2, 0) is 4.79 Å². The van der Waals surface area contributed by atoms with E-state index in [1.165, 1.54) is 38.5 Å². The van der Waals surface area contributed by atoms with Crippen molar-refractivity contribution < 1.29 is 4.79 Å². The van der Waals surface area contributed by atoms with E-state index >= 15 is 0 Å². The maximum absolute atomic E-state index is 11.6.